The van der Waals surface area contributed by atoms with E-state index in [0.29, 0.717) is 6.54 Å². The Bertz CT molecular complexity index is 1090. The average Bonchev–Trinajstić information content (AvgIpc) is 2.95. The molecule has 4 nitrogen and oxygen atoms in total. The van der Waals surface area contributed by atoms with Gasteiger partial charge < -0.3 is 9.64 Å². The van der Waals surface area contributed by atoms with Crippen LogP contribution in [0.15, 0.2) is 65.2 Å². The van der Waals surface area contributed by atoms with Gasteiger partial charge >= 0.3 is 0 Å². The zero-order valence-electron chi connectivity index (χ0n) is 26.3. The Labute approximate surface area is 250 Å². The second-order valence-corrected chi connectivity index (χ2v) is 12.3. The van der Waals surface area contributed by atoms with Crippen molar-refractivity contribution < 1.29 is 9.53 Å². The summed E-state index contributed by atoms with van der Waals surface area (Å²) in [6.45, 7) is 10.4. The molecule has 0 N–H and O–H groups in total. The van der Waals surface area contributed by atoms with Gasteiger partial charge in [0.1, 0.15) is 5.75 Å². The second kappa shape index (κ2) is 17.8. The SMILES string of the molecule is CCCCCCCCCCCCCCOc1ccc(CN(C(C)=O)c2ccc(CC3(C)C=C(C)C=NC3)cc2)cc1. The Morgan fingerprint density at radius 3 is 1.95 bits per heavy atom. The zero-order chi connectivity index (χ0) is 29.3. The summed E-state index contributed by atoms with van der Waals surface area (Å²) in [7, 11) is 0. The van der Waals surface area contributed by atoms with Gasteiger partial charge in [-0.1, -0.05) is 115 Å². The maximum Gasteiger partial charge on any atom is 0.224 e. The molecular formula is C37H54N2O2. The number of rotatable bonds is 19. The van der Waals surface area contributed by atoms with Crippen LogP contribution in [0.2, 0.25) is 0 Å². The summed E-state index contributed by atoms with van der Waals surface area (Å²) in [5, 5.41) is 0. The number of carbonyl (C=O) groups is 1. The molecule has 41 heavy (non-hydrogen) atoms. The lowest BCUT2D eigenvalue weighted by molar-refractivity contribution is -0.116. The number of ether oxygens (including phenoxy) is 1. The van der Waals surface area contributed by atoms with E-state index in [4.69, 9.17) is 4.74 Å². The quantitative estimate of drug-likeness (QED) is 0.161. The van der Waals surface area contributed by atoms with Crippen molar-refractivity contribution in [1.82, 2.24) is 0 Å². The smallest absolute Gasteiger partial charge is 0.224 e. The Balaban J connectivity index is 1.35. The topological polar surface area (TPSA) is 41.9 Å². The normalized spacial score (nSPS) is 16.4. The third kappa shape index (κ3) is 12.3. The number of nitrogens with zero attached hydrogens (tertiary/aromatic N) is 2. The van der Waals surface area contributed by atoms with Gasteiger partial charge in [0.2, 0.25) is 5.91 Å². The van der Waals surface area contributed by atoms with Gasteiger partial charge in [0.15, 0.2) is 0 Å². The van der Waals surface area contributed by atoms with Crippen LogP contribution in [0.1, 0.15) is 116 Å². The highest BCUT2D eigenvalue weighted by Crippen LogP contribution is 2.30. The first-order chi connectivity index (χ1) is 19.9. The van der Waals surface area contributed by atoms with Crippen LogP contribution in [0.4, 0.5) is 5.69 Å². The molecule has 1 aliphatic heterocycles. The number of benzene rings is 2. The summed E-state index contributed by atoms with van der Waals surface area (Å²) in [6.07, 6.45) is 21.4. The minimum Gasteiger partial charge on any atom is -0.494 e. The van der Waals surface area contributed by atoms with E-state index in [1.165, 1.54) is 81.8 Å². The van der Waals surface area contributed by atoms with Crippen molar-refractivity contribution in [2.75, 3.05) is 18.1 Å². The first kappa shape index (κ1) is 32.6. The van der Waals surface area contributed by atoms with Crippen molar-refractivity contribution in [2.24, 2.45) is 10.4 Å². The third-order valence-electron chi connectivity index (χ3n) is 8.09. The highest BCUT2D eigenvalue weighted by atomic mass is 16.5. The molecule has 0 aromatic heterocycles. The van der Waals surface area contributed by atoms with Gasteiger partial charge in [-0.05, 0) is 60.7 Å². The Morgan fingerprint density at radius 2 is 1.39 bits per heavy atom. The zero-order valence-corrected chi connectivity index (χ0v) is 26.3. The first-order valence-corrected chi connectivity index (χ1v) is 16.2. The van der Waals surface area contributed by atoms with Gasteiger partial charge in [-0.3, -0.25) is 9.79 Å². The largest absolute Gasteiger partial charge is 0.494 e. The molecule has 0 aliphatic carbocycles. The lowest BCUT2D eigenvalue weighted by atomic mass is 9.81. The third-order valence-corrected chi connectivity index (χ3v) is 8.09. The lowest BCUT2D eigenvalue weighted by Crippen LogP contribution is -2.28. The maximum absolute atomic E-state index is 12.5. The summed E-state index contributed by atoms with van der Waals surface area (Å²) < 4.78 is 5.99. The molecule has 2 aromatic rings. The number of dihydropyridines is 1. The Kier molecular flexibility index (Phi) is 14.2. The standard InChI is InChI=1S/C37H54N2O2/c1-5-6-7-8-9-10-11-12-13-14-15-16-25-41-36-23-19-34(20-24-36)29-39(32(3)40)35-21-17-33(18-22-35)27-37(4)26-31(2)28-38-30-37/h17-24,26,28H,5-16,25,27,29-30H2,1-4H3. The minimum atomic E-state index is 0.0391. The van der Waals surface area contributed by atoms with Crippen LogP contribution in [-0.4, -0.2) is 25.3 Å². The van der Waals surface area contributed by atoms with E-state index in [1.807, 2.05) is 23.2 Å². The van der Waals surface area contributed by atoms with Gasteiger partial charge in [-0.2, -0.15) is 0 Å². The molecule has 0 spiro atoms. The minimum absolute atomic E-state index is 0.0391. The molecule has 2 aromatic carbocycles. The van der Waals surface area contributed by atoms with Crippen LogP contribution in [0.25, 0.3) is 0 Å². The molecule has 0 saturated heterocycles. The number of aliphatic imine (C=N–C) groups is 1. The molecule has 0 bridgehead atoms. The van der Waals surface area contributed by atoms with E-state index in [2.05, 4.69) is 68.2 Å². The Morgan fingerprint density at radius 1 is 0.829 bits per heavy atom. The molecule has 0 saturated carbocycles. The van der Waals surface area contributed by atoms with Gasteiger partial charge in [0, 0.05) is 30.8 Å². The van der Waals surface area contributed by atoms with Crippen molar-refractivity contribution in [3.8, 4) is 5.75 Å². The molecule has 1 unspecified atom stereocenters. The van der Waals surface area contributed by atoms with Crippen LogP contribution in [0.3, 0.4) is 0 Å². The molecule has 3 rings (SSSR count). The van der Waals surface area contributed by atoms with E-state index >= 15 is 0 Å². The maximum atomic E-state index is 12.5. The average molecular weight is 559 g/mol. The number of hydrogen-bond acceptors (Lipinski definition) is 3. The number of carbonyl (C=O) groups excluding carboxylic acids is 1. The van der Waals surface area contributed by atoms with Crippen molar-refractivity contribution in [2.45, 2.75) is 118 Å². The number of amides is 1. The molecule has 224 valence electrons. The van der Waals surface area contributed by atoms with Crippen molar-refractivity contribution in [3.05, 3.63) is 71.3 Å². The highest BCUT2D eigenvalue weighted by Gasteiger charge is 2.24. The number of allylic oxidation sites excluding steroid dienone is 1. The van der Waals surface area contributed by atoms with Gasteiger partial charge in [0.05, 0.1) is 13.2 Å². The fourth-order valence-electron chi connectivity index (χ4n) is 5.79. The number of anilines is 1. The van der Waals surface area contributed by atoms with Crippen molar-refractivity contribution in [1.29, 1.82) is 0 Å². The van der Waals surface area contributed by atoms with Gasteiger partial charge in [-0.25, -0.2) is 0 Å². The van der Waals surface area contributed by atoms with Crippen LogP contribution in [0, 0.1) is 5.41 Å². The van der Waals surface area contributed by atoms with Crippen LogP contribution >= 0.6 is 0 Å². The fourth-order valence-corrected chi connectivity index (χ4v) is 5.79. The van der Waals surface area contributed by atoms with E-state index < -0.39 is 0 Å². The second-order valence-electron chi connectivity index (χ2n) is 12.3. The van der Waals surface area contributed by atoms with E-state index in [-0.39, 0.29) is 11.3 Å². The van der Waals surface area contributed by atoms with Crippen molar-refractivity contribution >= 4 is 17.8 Å². The number of unbranched alkanes of at least 4 members (excludes halogenated alkanes) is 11. The highest BCUT2D eigenvalue weighted by molar-refractivity contribution is 5.91. The lowest BCUT2D eigenvalue weighted by Gasteiger charge is -2.28. The predicted molar refractivity (Wildman–Crippen MR) is 175 cm³/mol. The van der Waals surface area contributed by atoms with Gasteiger partial charge in [-0.15, -0.1) is 0 Å². The molecule has 1 heterocycles. The van der Waals surface area contributed by atoms with Gasteiger partial charge in [0.25, 0.3) is 0 Å². The summed E-state index contributed by atoms with van der Waals surface area (Å²) in [5.74, 6) is 0.942. The Hall–Kier alpha value is -2.88. The molecule has 1 amide bonds. The molecule has 1 atom stereocenters. The summed E-state index contributed by atoms with van der Waals surface area (Å²) >= 11 is 0. The van der Waals surface area contributed by atoms with E-state index in [0.717, 1.165) is 43.0 Å². The summed E-state index contributed by atoms with van der Waals surface area (Å²) in [6, 6.07) is 16.6. The first-order valence-electron chi connectivity index (χ1n) is 16.2. The summed E-state index contributed by atoms with van der Waals surface area (Å²) in [4.78, 5) is 18.9. The molecule has 1 aliphatic rings. The van der Waals surface area contributed by atoms with E-state index in [1.54, 1.807) is 6.92 Å². The molecular weight excluding hydrogens is 504 g/mol. The molecule has 0 radical (unpaired) electrons. The van der Waals surface area contributed by atoms with Crippen LogP contribution < -0.4 is 9.64 Å². The summed E-state index contributed by atoms with van der Waals surface area (Å²) in [5.41, 5.74) is 4.54. The van der Waals surface area contributed by atoms with Crippen LogP contribution in [0.5, 0.6) is 5.75 Å². The molecule has 4 heteroatoms. The van der Waals surface area contributed by atoms with E-state index in [9.17, 15) is 4.79 Å². The number of hydrogen-bond donors (Lipinski definition) is 0. The monoisotopic (exact) mass is 558 g/mol. The fraction of sp³-hybridized carbons (Fsp3) is 0.568. The van der Waals surface area contributed by atoms with Crippen molar-refractivity contribution in [3.63, 3.8) is 0 Å². The molecule has 0 fully saturated rings. The van der Waals surface area contributed by atoms with Crippen LogP contribution in [-0.2, 0) is 17.8 Å². The predicted octanol–water partition coefficient (Wildman–Crippen LogP) is 9.90.